The number of hydrogen-bond acceptors (Lipinski definition) is 4. The first-order chi connectivity index (χ1) is 12.2. The van der Waals surface area contributed by atoms with Crippen LogP contribution in [-0.4, -0.2) is 35.2 Å². The number of carbonyl (C=O) groups is 2. The third-order valence-electron chi connectivity index (χ3n) is 3.32. The molecule has 136 valence electrons. The van der Waals surface area contributed by atoms with Crippen molar-refractivity contribution >= 4 is 58.0 Å². The second-order valence-electron chi connectivity index (χ2n) is 5.26. The second kappa shape index (κ2) is 8.35. The minimum Gasteiger partial charge on any atom is -0.332 e. The highest BCUT2D eigenvalue weighted by Gasteiger charge is 2.24. The van der Waals surface area contributed by atoms with Gasteiger partial charge in [0.2, 0.25) is 5.91 Å². The van der Waals surface area contributed by atoms with Crippen molar-refractivity contribution in [2.75, 3.05) is 18.9 Å². The van der Waals surface area contributed by atoms with Crippen molar-refractivity contribution in [1.29, 1.82) is 0 Å². The maximum Gasteiger partial charge on any atom is 0.282 e. The van der Waals surface area contributed by atoms with Crippen molar-refractivity contribution in [2.45, 2.75) is 0 Å². The number of carbonyl (C=O) groups excluding carboxylic acids is 2. The Bertz CT molecular complexity index is 889. The van der Waals surface area contributed by atoms with Gasteiger partial charge < -0.3 is 10.2 Å². The summed E-state index contributed by atoms with van der Waals surface area (Å²) in [6.07, 6.45) is 0. The van der Waals surface area contributed by atoms with Crippen LogP contribution in [0.5, 0.6) is 0 Å². The first kappa shape index (κ1) is 20.0. The van der Waals surface area contributed by atoms with E-state index in [9.17, 15) is 19.7 Å². The van der Waals surface area contributed by atoms with E-state index < -0.39 is 22.4 Å². The third kappa shape index (κ3) is 4.85. The Balaban J connectivity index is 2.11. The monoisotopic (exact) mass is 415 g/mol. The standard InChI is InChI=1S/C16H12Cl3N3O4/c1-21(8-15(23)20-10-3-4-12(18)13(19)7-10)16(24)11-6-9(17)2-5-14(11)22(25)26/h2-7H,8H2,1H3,(H,20,23). The number of nitro benzene ring substituents is 1. The summed E-state index contributed by atoms with van der Waals surface area (Å²) in [4.78, 5) is 36.0. The van der Waals surface area contributed by atoms with Gasteiger partial charge in [0.25, 0.3) is 11.6 Å². The summed E-state index contributed by atoms with van der Waals surface area (Å²) in [6, 6.07) is 8.17. The summed E-state index contributed by atoms with van der Waals surface area (Å²) in [7, 11) is 1.35. The summed E-state index contributed by atoms with van der Waals surface area (Å²) >= 11 is 17.5. The third-order valence-corrected chi connectivity index (χ3v) is 4.29. The molecule has 0 saturated carbocycles. The average Bonchev–Trinajstić information content (AvgIpc) is 2.57. The van der Waals surface area contributed by atoms with Crippen LogP contribution >= 0.6 is 34.8 Å². The lowest BCUT2D eigenvalue weighted by Crippen LogP contribution is -2.35. The molecule has 0 bridgehead atoms. The van der Waals surface area contributed by atoms with Crippen LogP contribution in [0.25, 0.3) is 0 Å². The largest absolute Gasteiger partial charge is 0.332 e. The van der Waals surface area contributed by atoms with Gasteiger partial charge in [-0.3, -0.25) is 19.7 Å². The Morgan fingerprint density at radius 3 is 2.42 bits per heavy atom. The zero-order valence-corrected chi connectivity index (χ0v) is 15.6. The number of anilines is 1. The van der Waals surface area contributed by atoms with Gasteiger partial charge in [0, 0.05) is 23.8 Å². The number of likely N-dealkylation sites (N-methyl/N-ethyl adjacent to an activating group) is 1. The van der Waals surface area contributed by atoms with Crippen molar-refractivity contribution < 1.29 is 14.5 Å². The minimum atomic E-state index is -0.705. The quantitative estimate of drug-likeness (QED) is 0.582. The molecule has 26 heavy (non-hydrogen) atoms. The molecular formula is C16H12Cl3N3O4. The van der Waals surface area contributed by atoms with E-state index in [1.54, 1.807) is 6.07 Å². The average molecular weight is 417 g/mol. The van der Waals surface area contributed by atoms with E-state index in [2.05, 4.69) is 5.32 Å². The molecule has 2 rings (SSSR count). The molecule has 0 atom stereocenters. The SMILES string of the molecule is CN(CC(=O)Nc1ccc(Cl)c(Cl)c1)C(=O)c1cc(Cl)ccc1[N+](=O)[O-]. The Morgan fingerprint density at radius 1 is 1.12 bits per heavy atom. The van der Waals surface area contributed by atoms with E-state index in [-0.39, 0.29) is 22.2 Å². The number of amides is 2. The van der Waals surface area contributed by atoms with E-state index in [0.717, 1.165) is 11.0 Å². The van der Waals surface area contributed by atoms with Crippen LogP contribution in [-0.2, 0) is 4.79 Å². The van der Waals surface area contributed by atoms with Crippen molar-refractivity contribution in [3.05, 3.63) is 67.1 Å². The van der Waals surface area contributed by atoms with Crippen LogP contribution in [0.4, 0.5) is 11.4 Å². The second-order valence-corrected chi connectivity index (χ2v) is 6.51. The van der Waals surface area contributed by atoms with Crippen LogP contribution in [0.1, 0.15) is 10.4 Å². The number of nitrogens with one attached hydrogen (secondary N) is 1. The number of halogens is 3. The summed E-state index contributed by atoms with van der Waals surface area (Å²) in [5, 5.41) is 14.4. The molecule has 10 heteroatoms. The molecule has 0 aliphatic rings. The Labute approximate surface area is 163 Å². The number of nitro groups is 1. The van der Waals surface area contributed by atoms with Crippen LogP contribution in [0.2, 0.25) is 15.1 Å². The highest BCUT2D eigenvalue weighted by atomic mass is 35.5. The predicted octanol–water partition coefficient (Wildman–Crippen LogP) is 4.27. The molecule has 0 aromatic heterocycles. The molecule has 0 spiro atoms. The Morgan fingerprint density at radius 2 is 1.81 bits per heavy atom. The normalized spacial score (nSPS) is 10.3. The van der Waals surface area contributed by atoms with E-state index in [1.807, 2.05) is 0 Å². The molecule has 0 fully saturated rings. The minimum absolute atomic E-state index is 0.174. The first-order valence-electron chi connectivity index (χ1n) is 7.13. The van der Waals surface area contributed by atoms with Crippen LogP contribution < -0.4 is 5.32 Å². The molecule has 0 heterocycles. The van der Waals surface area contributed by atoms with Crippen molar-refractivity contribution in [2.24, 2.45) is 0 Å². The smallest absolute Gasteiger partial charge is 0.282 e. The number of benzene rings is 2. The van der Waals surface area contributed by atoms with E-state index in [4.69, 9.17) is 34.8 Å². The molecule has 2 amide bonds. The molecule has 0 radical (unpaired) electrons. The lowest BCUT2D eigenvalue weighted by Gasteiger charge is -2.17. The fraction of sp³-hybridized carbons (Fsp3) is 0.125. The predicted molar refractivity (Wildman–Crippen MR) is 100 cm³/mol. The number of rotatable bonds is 5. The van der Waals surface area contributed by atoms with Gasteiger partial charge in [-0.15, -0.1) is 0 Å². The Hall–Kier alpha value is -2.35. The maximum atomic E-state index is 12.5. The fourth-order valence-electron chi connectivity index (χ4n) is 2.11. The lowest BCUT2D eigenvalue weighted by molar-refractivity contribution is -0.385. The topological polar surface area (TPSA) is 92.6 Å². The molecule has 0 unspecified atom stereocenters. The zero-order chi connectivity index (χ0) is 19.4. The molecule has 0 aliphatic heterocycles. The highest BCUT2D eigenvalue weighted by Crippen LogP contribution is 2.25. The fourth-order valence-corrected chi connectivity index (χ4v) is 2.58. The van der Waals surface area contributed by atoms with E-state index in [1.165, 1.54) is 31.3 Å². The van der Waals surface area contributed by atoms with E-state index in [0.29, 0.717) is 10.7 Å². The molecule has 2 aromatic rings. The van der Waals surface area contributed by atoms with Gasteiger partial charge in [-0.25, -0.2) is 0 Å². The van der Waals surface area contributed by atoms with Gasteiger partial charge in [-0.05, 0) is 30.3 Å². The summed E-state index contributed by atoms with van der Waals surface area (Å²) in [6.45, 7) is -0.331. The van der Waals surface area contributed by atoms with Crippen molar-refractivity contribution in [3.63, 3.8) is 0 Å². The molecule has 2 aromatic carbocycles. The lowest BCUT2D eigenvalue weighted by atomic mass is 10.1. The number of nitrogens with zero attached hydrogens (tertiary/aromatic N) is 2. The van der Waals surface area contributed by atoms with Gasteiger partial charge >= 0.3 is 0 Å². The maximum absolute atomic E-state index is 12.5. The van der Waals surface area contributed by atoms with E-state index >= 15 is 0 Å². The number of hydrogen-bond donors (Lipinski definition) is 1. The highest BCUT2D eigenvalue weighted by molar-refractivity contribution is 6.42. The summed E-state index contributed by atoms with van der Waals surface area (Å²) < 4.78 is 0. The Kier molecular flexibility index (Phi) is 6.42. The van der Waals surface area contributed by atoms with Gasteiger partial charge in [-0.1, -0.05) is 34.8 Å². The van der Waals surface area contributed by atoms with Gasteiger partial charge in [0.05, 0.1) is 21.5 Å². The molecule has 0 aliphatic carbocycles. The summed E-state index contributed by atoms with van der Waals surface area (Å²) in [5.41, 5.74) is -0.192. The van der Waals surface area contributed by atoms with Gasteiger partial charge in [0.15, 0.2) is 0 Å². The van der Waals surface area contributed by atoms with Crippen LogP contribution in [0, 0.1) is 10.1 Å². The van der Waals surface area contributed by atoms with Gasteiger partial charge in [0.1, 0.15) is 5.56 Å². The summed E-state index contributed by atoms with van der Waals surface area (Å²) in [5.74, 6) is -1.22. The van der Waals surface area contributed by atoms with Crippen molar-refractivity contribution in [3.8, 4) is 0 Å². The molecule has 7 nitrogen and oxygen atoms in total. The van der Waals surface area contributed by atoms with Crippen LogP contribution in [0.15, 0.2) is 36.4 Å². The zero-order valence-electron chi connectivity index (χ0n) is 13.3. The first-order valence-corrected chi connectivity index (χ1v) is 8.26. The van der Waals surface area contributed by atoms with Crippen LogP contribution in [0.3, 0.4) is 0 Å². The molecule has 1 N–H and O–H groups in total. The van der Waals surface area contributed by atoms with Crippen molar-refractivity contribution in [1.82, 2.24) is 4.90 Å². The van der Waals surface area contributed by atoms with Gasteiger partial charge in [-0.2, -0.15) is 0 Å². The molecule has 0 saturated heterocycles. The molecular weight excluding hydrogens is 405 g/mol.